The second-order valence-electron chi connectivity index (χ2n) is 3.13. The topological polar surface area (TPSA) is 49.3 Å². The quantitative estimate of drug-likeness (QED) is 0.540. The van der Waals surface area contributed by atoms with Crippen molar-refractivity contribution in [1.82, 2.24) is 5.32 Å². The van der Waals surface area contributed by atoms with Crippen LogP contribution in [0.5, 0.6) is 0 Å². The number of amides is 1. The van der Waals surface area contributed by atoms with Gasteiger partial charge in [-0.1, -0.05) is 0 Å². The van der Waals surface area contributed by atoms with E-state index in [9.17, 15) is 9.90 Å². The van der Waals surface area contributed by atoms with Gasteiger partial charge in [-0.05, 0) is 25.7 Å². The van der Waals surface area contributed by atoms with Gasteiger partial charge >= 0.3 is 0 Å². The smallest absolute Gasteiger partial charge is 0.207 e. The molecular formula is C7H13NO2. The monoisotopic (exact) mass is 143 g/mol. The van der Waals surface area contributed by atoms with E-state index in [1.165, 1.54) is 0 Å². The molecule has 1 atom stereocenters. The zero-order valence-electron chi connectivity index (χ0n) is 6.13. The number of carbonyl (C=O) groups excluding carboxylic acids is 1. The highest BCUT2D eigenvalue weighted by Crippen LogP contribution is 2.38. The lowest BCUT2D eigenvalue weighted by atomic mass is 10.0. The Labute approximate surface area is 60.4 Å². The summed E-state index contributed by atoms with van der Waals surface area (Å²) in [6.07, 6.45) is 2.80. The Morgan fingerprint density at radius 1 is 1.80 bits per heavy atom. The highest BCUT2D eigenvalue weighted by atomic mass is 16.3. The first kappa shape index (κ1) is 7.54. The van der Waals surface area contributed by atoms with E-state index in [2.05, 4.69) is 5.32 Å². The standard InChI is InChI=1S/C7H13NO2/c1-7(10,4-8-5-9)6-2-3-6/h5-6,10H,2-4H2,1H3,(H,8,9). The van der Waals surface area contributed by atoms with E-state index in [0.29, 0.717) is 18.9 Å². The summed E-state index contributed by atoms with van der Waals surface area (Å²) in [5.41, 5.74) is -0.680. The molecule has 0 aromatic heterocycles. The van der Waals surface area contributed by atoms with Crippen molar-refractivity contribution in [2.75, 3.05) is 6.54 Å². The molecule has 0 aliphatic heterocycles. The second kappa shape index (κ2) is 2.58. The summed E-state index contributed by atoms with van der Waals surface area (Å²) in [6.45, 7) is 2.14. The molecule has 3 heteroatoms. The van der Waals surface area contributed by atoms with Gasteiger partial charge in [0.25, 0.3) is 0 Å². The van der Waals surface area contributed by atoms with Crippen LogP contribution in [0, 0.1) is 5.92 Å². The number of nitrogens with one attached hydrogen (secondary N) is 1. The van der Waals surface area contributed by atoms with Crippen molar-refractivity contribution in [2.24, 2.45) is 5.92 Å². The molecule has 0 aromatic rings. The highest BCUT2D eigenvalue weighted by molar-refractivity contribution is 5.46. The van der Waals surface area contributed by atoms with Crippen LogP contribution in [-0.4, -0.2) is 23.7 Å². The Balaban J connectivity index is 2.27. The van der Waals surface area contributed by atoms with E-state index in [4.69, 9.17) is 0 Å². The average molecular weight is 143 g/mol. The minimum absolute atomic E-state index is 0.376. The minimum atomic E-state index is -0.680. The molecule has 1 saturated carbocycles. The molecule has 0 heterocycles. The molecule has 1 aliphatic rings. The maximum absolute atomic E-state index is 9.87. The van der Waals surface area contributed by atoms with Crippen LogP contribution in [0.2, 0.25) is 0 Å². The fourth-order valence-electron chi connectivity index (χ4n) is 1.10. The predicted octanol–water partition coefficient (Wildman–Crippen LogP) is -0.107. The highest BCUT2D eigenvalue weighted by Gasteiger charge is 2.39. The Hall–Kier alpha value is -0.570. The van der Waals surface area contributed by atoms with Crippen LogP contribution < -0.4 is 5.32 Å². The van der Waals surface area contributed by atoms with Gasteiger partial charge < -0.3 is 10.4 Å². The van der Waals surface area contributed by atoms with E-state index >= 15 is 0 Å². The fraction of sp³-hybridized carbons (Fsp3) is 0.857. The second-order valence-corrected chi connectivity index (χ2v) is 3.13. The van der Waals surface area contributed by atoms with Gasteiger partial charge in [-0.25, -0.2) is 0 Å². The van der Waals surface area contributed by atoms with Crippen molar-refractivity contribution < 1.29 is 9.90 Å². The summed E-state index contributed by atoms with van der Waals surface area (Å²) in [6, 6.07) is 0. The summed E-state index contributed by atoms with van der Waals surface area (Å²) in [7, 11) is 0. The molecule has 0 bridgehead atoms. The fourth-order valence-corrected chi connectivity index (χ4v) is 1.10. The third kappa shape index (κ3) is 1.70. The molecule has 0 aromatic carbocycles. The van der Waals surface area contributed by atoms with Gasteiger partial charge in [-0.2, -0.15) is 0 Å². The van der Waals surface area contributed by atoms with Crippen LogP contribution in [0.15, 0.2) is 0 Å². The third-order valence-electron chi connectivity index (χ3n) is 2.00. The Morgan fingerprint density at radius 2 is 2.40 bits per heavy atom. The van der Waals surface area contributed by atoms with Crippen LogP contribution in [0.4, 0.5) is 0 Å². The lowest BCUT2D eigenvalue weighted by Gasteiger charge is -2.21. The van der Waals surface area contributed by atoms with Gasteiger partial charge in [0, 0.05) is 6.54 Å². The van der Waals surface area contributed by atoms with Crippen LogP contribution in [0.1, 0.15) is 19.8 Å². The minimum Gasteiger partial charge on any atom is -0.388 e. The maximum atomic E-state index is 9.87. The molecule has 0 saturated heterocycles. The van der Waals surface area contributed by atoms with E-state index in [0.717, 1.165) is 12.8 Å². The van der Waals surface area contributed by atoms with Crippen LogP contribution in [0.25, 0.3) is 0 Å². The molecule has 1 aliphatic carbocycles. The SMILES string of the molecule is CC(O)(CNC=O)C1CC1. The summed E-state index contributed by atoms with van der Waals surface area (Å²) in [5, 5.41) is 12.0. The summed E-state index contributed by atoms with van der Waals surface area (Å²) < 4.78 is 0. The van der Waals surface area contributed by atoms with Crippen molar-refractivity contribution >= 4 is 6.41 Å². The van der Waals surface area contributed by atoms with Crippen molar-refractivity contribution in [3.8, 4) is 0 Å². The third-order valence-corrected chi connectivity index (χ3v) is 2.00. The summed E-state index contributed by atoms with van der Waals surface area (Å²) >= 11 is 0. The van der Waals surface area contributed by atoms with E-state index < -0.39 is 5.60 Å². The molecule has 10 heavy (non-hydrogen) atoms. The number of carbonyl (C=O) groups is 1. The van der Waals surface area contributed by atoms with E-state index in [1.807, 2.05) is 0 Å². The first-order chi connectivity index (χ1) is 4.67. The molecule has 2 N–H and O–H groups in total. The normalized spacial score (nSPS) is 23.4. The summed E-state index contributed by atoms with van der Waals surface area (Å²) in [4.78, 5) is 9.87. The predicted molar refractivity (Wildman–Crippen MR) is 37.4 cm³/mol. The lowest BCUT2D eigenvalue weighted by Crippen LogP contribution is -2.39. The zero-order chi connectivity index (χ0) is 7.61. The van der Waals surface area contributed by atoms with E-state index in [-0.39, 0.29) is 0 Å². The van der Waals surface area contributed by atoms with Crippen molar-refractivity contribution in [3.63, 3.8) is 0 Å². The molecule has 1 unspecified atom stereocenters. The molecule has 1 amide bonds. The summed E-state index contributed by atoms with van der Waals surface area (Å²) in [5.74, 6) is 0.403. The molecule has 3 nitrogen and oxygen atoms in total. The maximum Gasteiger partial charge on any atom is 0.207 e. The Kier molecular flexibility index (Phi) is 1.94. The first-order valence-corrected chi connectivity index (χ1v) is 3.56. The van der Waals surface area contributed by atoms with Gasteiger partial charge in [0.15, 0.2) is 0 Å². The Bertz CT molecular complexity index is 130. The molecular weight excluding hydrogens is 130 g/mol. The zero-order valence-corrected chi connectivity index (χ0v) is 6.13. The molecule has 58 valence electrons. The Morgan fingerprint density at radius 3 is 2.80 bits per heavy atom. The molecule has 0 radical (unpaired) electrons. The van der Waals surface area contributed by atoms with Gasteiger partial charge in [-0.3, -0.25) is 4.79 Å². The van der Waals surface area contributed by atoms with Crippen molar-refractivity contribution in [3.05, 3.63) is 0 Å². The van der Waals surface area contributed by atoms with Gasteiger partial charge in [0.1, 0.15) is 0 Å². The number of aliphatic hydroxyl groups is 1. The van der Waals surface area contributed by atoms with Crippen LogP contribution in [-0.2, 0) is 4.79 Å². The van der Waals surface area contributed by atoms with Gasteiger partial charge in [-0.15, -0.1) is 0 Å². The number of hydrogen-bond donors (Lipinski definition) is 2. The lowest BCUT2D eigenvalue weighted by molar-refractivity contribution is -0.110. The average Bonchev–Trinajstić information content (AvgIpc) is 2.64. The van der Waals surface area contributed by atoms with Gasteiger partial charge in [0.05, 0.1) is 5.60 Å². The van der Waals surface area contributed by atoms with E-state index in [1.54, 1.807) is 6.92 Å². The van der Waals surface area contributed by atoms with Crippen molar-refractivity contribution in [1.29, 1.82) is 0 Å². The van der Waals surface area contributed by atoms with Gasteiger partial charge in [0.2, 0.25) is 6.41 Å². The molecule has 0 spiro atoms. The largest absolute Gasteiger partial charge is 0.388 e. The van der Waals surface area contributed by atoms with Crippen LogP contribution in [0.3, 0.4) is 0 Å². The van der Waals surface area contributed by atoms with Crippen LogP contribution >= 0.6 is 0 Å². The molecule has 1 rings (SSSR count). The number of hydrogen-bond acceptors (Lipinski definition) is 2. The number of rotatable bonds is 4. The van der Waals surface area contributed by atoms with Crippen molar-refractivity contribution in [2.45, 2.75) is 25.4 Å². The molecule has 1 fully saturated rings. The first-order valence-electron chi connectivity index (χ1n) is 3.56.